The Bertz CT molecular complexity index is 38.5. The molecule has 0 fully saturated rings. The molecule has 0 atom stereocenters. The van der Waals surface area contributed by atoms with Gasteiger partial charge < -0.3 is 0 Å². The van der Waals surface area contributed by atoms with Crippen molar-refractivity contribution < 1.29 is 18.5 Å². The Morgan fingerprint density at radius 2 is 1.50 bits per heavy atom. The molecule has 0 aliphatic carbocycles. The summed E-state index contributed by atoms with van der Waals surface area (Å²) in [7, 11) is 0.958. The molecular formula is C2H5F3N+. The third kappa shape index (κ3) is 3.75. The van der Waals surface area contributed by atoms with Crippen LogP contribution in [0.3, 0.4) is 0 Å². The van der Waals surface area contributed by atoms with Crippen LogP contribution >= 0.6 is 0 Å². The monoisotopic (exact) mass is 100 g/mol. The van der Waals surface area contributed by atoms with E-state index in [1.165, 1.54) is 0 Å². The second-order valence-corrected chi connectivity index (χ2v) is 0.830. The topological polar surface area (TPSA) is 16.6 Å². The fraction of sp³-hybridized carbons (Fsp3) is 1.00. The van der Waals surface area contributed by atoms with E-state index in [4.69, 9.17) is 0 Å². The number of alkyl halides is 3. The molecule has 0 saturated heterocycles. The highest BCUT2D eigenvalue weighted by atomic mass is 19.4. The number of hydrogen-bond donors (Lipinski definition) is 1. The van der Waals surface area contributed by atoms with Crippen molar-refractivity contribution in [2.75, 3.05) is 7.05 Å². The van der Waals surface area contributed by atoms with E-state index in [0.29, 0.717) is 0 Å². The lowest BCUT2D eigenvalue weighted by atomic mass is 11.1. The number of quaternary nitrogens is 1. The summed E-state index contributed by atoms with van der Waals surface area (Å²) in [5, 5.41) is 0.188. The quantitative estimate of drug-likeness (QED) is 0.402. The minimum absolute atomic E-state index is 0.188. The number of hydrogen-bond acceptors (Lipinski definition) is 0. The highest BCUT2D eigenvalue weighted by Gasteiger charge is 2.29. The Labute approximate surface area is 33.2 Å². The number of rotatable bonds is 0. The van der Waals surface area contributed by atoms with Gasteiger partial charge in [-0.3, -0.25) is 5.32 Å². The molecule has 0 bridgehead atoms. The molecule has 0 rings (SSSR count). The second-order valence-electron chi connectivity index (χ2n) is 0.830. The molecule has 0 aromatic heterocycles. The van der Waals surface area contributed by atoms with Crippen LogP contribution in [0.15, 0.2) is 0 Å². The van der Waals surface area contributed by atoms with Crippen LogP contribution in [0.5, 0.6) is 0 Å². The highest BCUT2D eigenvalue weighted by Crippen LogP contribution is 1.99. The molecule has 0 amide bonds. The van der Waals surface area contributed by atoms with Gasteiger partial charge in [-0.1, -0.05) is 0 Å². The molecule has 6 heavy (non-hydrogen) atoms. The van der Waals surface area contributed by atoms with E-state index in [1.54, 1.807) is 0 Å². The van der Waals surface area contributed by atoms with Gasteiger partial charge >= 0.3 is 6.30 Å². The predicted octanol–water partition coefficient (Wildman–Crippen LogP) is -0.301. The summed E-state index contributed by atoms with van der Waals surface area (Å²) in [5.74, 6) is 0. The lowest BCUT2D eigenvalue weighted by Crippen LogP contribution is -2.89. The zero-order valence-corrected chi connectivity index (χ0v) is 3.21. The van der Waals surface area contributed by atoms with Gasteiger partial charge in [0.25, 0.3) is 0 Å². The van der Waals surface area contributed by atoms with Crippen molar-refractivity contribution >= 4 is 0 Å². The van der Waals surface area contributed by atoms with Crippen molar-refractivity contribution in [2.45, 2.75) is 6.30 Å². The number of nitrogens with two attached hydrogens (primary N) is 1. The summed E-state index contributed by atoms with van der Waals surface area (Å²) in [4.78, 5) is 0. The zero-order chi connectivity index (χ0) is 5.21. The summed E-state index contributed by atoms with van der Waals surface area (Å²) in [6.45, 7) is 0. The van der Waals surface area contributed by atoms with Crippen molar-refractivity contribution in [3.8, 4) is 0 Å². The Hall–Kier alpha value is -0.250. The van der Waals surface area contributed by atoms with Gasteiger partial charge in [0.15, 0.2) is 0 Å². The van der Waals surface area contributed by atoms with E-state index in [-0.39, 0.29) is 5.32 Å². The molecule has 0 aromatic carbocycles. The summed E-state index contributed by atoms with van der Waals surface area (Å²) in [6.07, 6.45) is -4.08. The second kappa shape index (κ2) is 1.47. The normalized spacial score (nSPS) is 12.0. The van der Waals surface area contributed by atoms with Gasteiger partial charge in [0.1, 0.15) is 0 Å². The first-order valence-corrected chi connectivity index (χ1v) is 1.43. The molecule has 0 heterocycles. The van der Waals surface area contributed by atoms with Crippen LogP contribution in [0.1, 0.15) is 0 Å². The minimum atomic E-state index is -4.08. The Morgan fingerprint density at radius 1 is 1.33 bits per heavy atom. The van der Waals surface area contributed by atoms with Crippen molar-refractivity contribution in [3.05, 3.63) is 0 Å². The van der Waals surface area contributed by atoms with E-state index in [2.05, 4.69) is 0 Å². The van der Waals surface area contributed by atoms with Crippen molar-refractivity contribution in [1.29, 1.82) is 0 Å². The maximum Gasteiger partial charge on any atom is 0.557 e. The molecule has 2 N–H and O–H groups in total. The maximum absolute atomic E-state index is 10.7. The first-order valence-electron chi connectivity index (χ1n) is 1.43. The van der Waals surface area contributed by atoms with E-state index < -0.39 is 6.30 Å². The summed E-state index contributed by atoms with van der Waals surface area (Å²) in [6, 6.07) is 0. The molecule has 0 aromatic rings. The Morgan fingerprint density at radius 3 is 1.50 bits per heavy atom. The Kier molecular flexibility index (Phi) is 1.40. The van der Waals surface area contributed by atoms with Crippen LogP contribution in [0, 0.1) is 0 Å². The van der Waals surface area contributed by atoms with Gasteiger partial charge in [-0.15, -0.1) is 13.2 Å². The lowest BCUT2D eigenvalue weighted by molar-refractivity contribution is -0.794. The fourth-order valence-electron chi connectivity index (χ4n) is 0. The van der Waals surface area contributed by atoms with Gasteiger partial charge in [-0.2, -0.15) is 0 Å². The summed E-state index contributed by atoms with van der Waals surface area (Å²) >= 11 is 0. The summed E-state index contributed by atoms with van der Waals surface area (Å²) in [5.41, 5.74) is 0. The van der Waals surface area contributed by atoms with Crippen molar-refractivity contribution in [1.82, 2.24) is 0 Å². The molecule has 0 unspecified atom stereocenters. The third-order valence-electron chi connectivity index (χ3n) is 0.327. The largest absolute Gasteiger partial charge is 0.557 e. The first kappa shape index (κ1) is 5.75. The van der Waals surface area contributed by atoms with Crippen molar-refractivity contribution in [2.24, 2.45) is 0 Å². The van der Waals surface area contributed by atoms with Gasteiger partial charge in [-0.25, -0.2) is 0 Å². The lowest BCUT2D eigenvalue weighted by Gasteiger charge is -1.93. The average Bonchev–Trinajstić information content (AvgIpc) is 1.35. The van der Waals surface area contributed by atoms with Crippen LogP contribution < -0.4 is 5.32 Å². The Balaban J connectivity index is 3.17. The van der Waals surface area contributed by atoms with Crippen LogP contribution in [0.4, 0.5) is 13.2 Å². The summed E-state index contributed by atoms with van der Waals surface area (Å²) < 4.78 is 32.2. The number of halogens is 3. The minimum Gasteiger partial charge on any atom is -0.255 e. The molecule has 1 nitrogen and oxygen atoms in total. The van der Waals surface area contributed by atoms with E-state index in [0.717, 1.165) is 7.05 Å². The smallest absolute Gasteiger partial charge is 0.255 e. The van der Waals surface area contributed by atoms with Gasteiger partial charge in [-0.05, 0) is 0 Å². The zero-order valence-electron chi connectivity index (χ0n) is 3.21. The highest BCUT2D eigenvalue weighted by molar-refractivity contribution is 4.06. The van der Waals surface area contributed by atoms with Gasteiger partial charge in [0.05, 0.1) is 7.05 Å². The average molecular weight is 100 g/mol. The van der Waals surface area contributed by atoms with Crippen LogP contribution in [-0.4, -0.2) is 13.3 Å². The maximum atomic E-state index is 10.7. The first-order chi connectivity index (χ1) is 2.56. The molecule has 38 valence electrons. The van der Waals surface area contributed by atoms with Gasteiger partial charge in [0.2, 0.25) is 0 Å². The van der Waals surface area contributed by atoms with E-state index in [9.17, 15) is 13.2 Å². The van der Waals surface area contributed by atoms with Crippen molar-refractivity contribution in [3.63, 3.8) is 0 Å². The van der Waals surface area contributed by atoms with Crippen LogP contribution in [0.25, 0.3) is 0 Å². The molecule has 0 saturated carbocycles. The molecule has 0 aliphatic rings. The molecule has 0 radical (unpaired) electrons. The standard InChI is InChI=1S/C2H4F3N/c1-6-2(3,4)5/h6H,1H3/p+1. The van der Waals surface area contributed by atoms with Gasteiger partial charge in [0, 0.05) is 0 Å². The molecular weight excluding hydrogens is 95.0 g/mol. The van der Waals surface area contributed by atoms with E-state index >= 15 is 0 Å². The van der Waals surface area contributed by atoms with Crippen LogP contribution in [0.2, 0.25) is 0 Å². The molecule has 4 heteroatoms. The third-order valence-corrected chi connectivity index (χ3v) is 0.327. The van der Waals surface area contributed by atoms with E-state index in [1.807, 2.05) is 0 Å². The van der Waals surface area contributed by atoms with Crippen LogP contribution in [-0.2, 0) is 0 Å². The molecule has 0 spiro atoms. The molecule has 0 aliphatic heterocycles. The fourth-order valence-corrected chi connectivity index (χ4v) is 0. The predicted molar refractivity (Wildman–Crippen MR) is 13.9 cm³/mol. The SMILES string of the molecule is C[NH2+]C(F)(F)F.